The van der Waals surface area contributed by atoms with Crippen LogP contribution in [0, 0.1) is 6.92 Å². The van der Waals surface area contributed by atoms with Gasteiger partial charge in [0, 0.05) is 25.4 Å². The maximum absolute atomic E-state index is 12.1. The highest BCUT2D eigenvalue weighted by Gasteiger charge is 2.17. The third-order valence-corrected chi connectivity index (χ3v) is 5.23. The highest BCUT2D eigenvalue weighted by Crippen LogP contribution is 2.25. The second-order valence-electron chi connectivity index (χ2n) is 5.88. The van der Waals surface area contributed by atoms with Gasteiger partial charge in [-0.2, -0.15) is 5.10 Å². The zero-order valence-electron chi connectivity index (χ0n) is 15.6. The smallest absolute Gasteiger partial charge is 0.244 e. The third-order valence-electron chi connectivity index (χ3n) is 3.80. The number of hydrogen-bond donors (Lipinski definition) is 2. The third kappa shape index (κ3) is 5.93. The quantitative estimate of drug-likeness (QED) is 0.495. The molecule has 8 nitrogen and oxygen atoms in total. The lowest BCUT2D eigenvalue weighted by molar-refractivity contribution is -0.116. The summed E-state index contributed by atoms with van der Waals surface area (Å²) in [6, 6.07) is 4.68. The molecule has 2 N–H and O–H groups in total. The number of rotatable bonds is 9. The summed E-state index contributed by atoms with van der Waals surface area (Å²) in [6.07, 6.45) is 7.42. The number of carbonyl (C=O) groups excluding carboxylic acids is 1. The SMILES string of the molecule is CNS(=O)(=O)c1cc(/C=C/C(=O)NCCCn2cc(C)cn2)ccc1OC. The van der Waals surface area contributed by atoms with Gasteiger partial charge in [-0.15, -0.1) is 0 Å². The first kappa shape index (κ1) is 20.7. The molecule has 0 aliphatic carbocycles. The summed E-state index contributed by atoms with van der Waals surface area (Å²) in [7, 11) is -0.933. The maximum Gasteiger partial charge on any atom is 0.244 e. The molecule has 0 unspecified atom stereocenters. The Morgan fingerprint density at radius 3 is 2.78 bits per heavy atom. The summed E-state index contributed by atoms with van der Waals surface area (Å²) < 4.78 is 33.3. The lowest BCUT2D eigenvalue weighted by Crippen LogP contribution is -2.23. The van der Waals surface area contributed by atoms with Crippen LogP contribution < -0.4 is 14.8 Å². The number of amides is 1. The van der Waals surface area contributed by atoms with Crippen molar-refractivity contribution in [2.45, 2.75) is 24.8 Å². The first-order valence-electron chi connectivity index (χ1n) is 8.42. The van der Waals surface area contributed by atoms with Crippen molar-refractivity contribution in [2.24, 2.45) is 0 Å². The summed E-state index contributed by atoms with van der Waals surface area (Å²) in [4.78, 5) is 11.9. The van der Waals surface area contributed by atoms with E-state index in [1.54, 1.807) is 24.4 Å². The molecule has 0 spiro atoms. The lowest BCUT2D eigenvalue weighted by atomic mass is 10.2. The number of carbonyl (C=O) groups is 1. The van der Waals surface area contributed by atoms with Gasteiger partial charge < -0.3 is 10.1 Å². The number of methoxy groups -OCH3 is 1. The molecule has 0 aliphatic heterocycles. The van der Waals surface area contributed by atoms with E-state index >= 15 is 0 Å². The van der Waals surface area contributed by atoms with Crippen molar-refractivity contribution in [1.29, 1.82) is 0 Å². The molecule has 0 bridgehead atoms. The summed E-state index contributed by atoms with van der Waals surface area (Å²) in [5.74, 6) is -0.0136. The second kappa shape index (κ2) is 9.33. The molecule has 0 saturated heterocycles. The van der Waals surface area contributed by atoms with E-state index in [1.807, 2.05) is 17.8 Å². The number of hydrogen-bond acceptors (Lipinski definition) is 5. The molecule has 0 saturated carbocycles. The number of sulfonamides is 1. The zero-order chi connectivity index (χ0) is 19.9. The Morgan fingerprint density at radius 2 is 2.15 bits per heavy atom. The van der Waals surface area contributed by atoms with Crippen molar-refractivity contribution in [1.82, 2.24) is 19.8 Å². The van der Waals surface area contributed by atoms with Crippen molar-refractivity contribution in [3.8, 4) is 5.75 Å². The van der Waals surface area contributed by atoms with E-state index in [2.05, 4.69) is 15.1 Å². The van der Waals surface area contributed by atoms with Crippen LogP contribution in [0.5, 0.6) is 5.75 Å². The standard InChI is InChI=1S/C18H24N4O4S/c1-14-12-21-22(13-14)10-4-9-20-18(23)8-6-15-5-7-16(26-3)17(11-15)27(24,25)19-2/h5-8,11-13,19H,4,9-10H2,1-3H3,(H,20,23)/b8-6+. The molecule has 2 aromatic rings. The van der Waals surface area contributed by atoms with Gasteiger partial charge in [-0.25, -0.2) is 13.1 Å². The molecule has 1 amide bonds. The fourth-order valence-electron chi connectivity index (χ4n) is 2.39. The van der Waals surface area contributed by atoms with Gasteiger partial charge in [0.15, 0.2) is 0 Å². The van der Waals surface area contributed by atoms with Gasteiger partial charge in [-0.05, 0) is 49.7 Å². The molecule has 2 rings (SSSR count). The molecule has 1 aromatic heterocycles. The average molecular weight is 392 g/mol. The monoisotopic (exact) mass is 392 g/mol. The van der Waals surface area contributed by atoms with Crippen molar-refractivity contribution >= 4 is 22.0 Å². The van der Waals surface area contributed by atoms with Gasteiger partial charge in [-0.1, -0.05) is 6.07 Å². The van der Waals surface area contributed by atoms with E-state index in [0.717, 1.165) is 18.5 Å². The van der Waals surface area contributed by atoms with E-state index in [1.165, 1.54) is 26.3 Å². The number of aromatic nitrogens is 2. The molecule has 1 heterocycles. The maximum atomic E-state index is 12.1. The van der Waals surface area contributed by atoms with Crippen LogP contribution in [0.25, 0.3) is 6.08 Å². The topological polar surface area (TPSA) is 102 Å². The minimum Gasteiger partial charge on any atom is -0.495 e. The van der Waals surface area contributed by atoms with Crippen LogP contribution in [-0.4, -0.2) is 44.8 Å². The number of aryl methyl sites for hydroxylation is 2. The Kier molecular flexibility index (Phi) is 7.14. The predicted octanol–water partition coefficient (Wildman–Crippen LogP) is 1.33. The Hall–Kier alpha value is -2.65. The molecule has 146 valence electrons. The molecule has 0 atom stereocenters. The second-order valence-corrected chi connectivity index (χ2v) is 7.73. The average Bonchev–Trinajstić information content (AvgIpc) is 3.08. The van der Waals surface area contributed by atoms with Crippen LogP contribution in [-0.2, 0) is 21.4 Å². The van der Waals surface area contributed by atoms with E-state index < -0.39 is 10.0 Å². The minimum atomic E-state index is -3.66. The molecule has 1 aromatic carbocycles. The summed E-state index contributed by atoms with van der Waals surface area (Å²) in [6.45, 7) is 3.22. The number of benzene rings is 1. The van der Waals surface area contributed by atoms with Crippen LogP contribution >= 0.6 is 0 Å². The van der Waals surface area contributed by atoms with Crippen molar-refractivity contribution in [2.75, 3.05) is 20.7 Å². The van der Waals surface area contributed by atoms with Crippen LogP contribution in [0.3, 0.4) is 0 Å². The Balaban J connectivity index is 1.92. The first-order chi connectivity index (χ1) is 12.9. The molecular formula is C18H24N4O4S. The Morgan fingerprint density at radius 1 is 1.37 bits per heavy atom. The summed E-state index contributed by atoms with van der Waals surface area (Å²) in [5, 5.41) is 6.97. The fourth-order valence-corrected chi connectivity index (χ4v) is 3.32. The number of nitrogens with one attached hydrogen (secondary N) is 2. The van der Waals surface area contributed by atoms with Crippen molar-refractivity contribution in [3.05, 3.63) is 47.8 Å². The highest BCUT2D eigenvalue weighted by molar-refractivity contribution is 7.89. The van der Waals surface area contributed by atoms with E-state index in [9.17, 15) is 13.2 Å². The van der Waals surface area contributed by atoms with E-state index in [-0.39, 0.29) is 16.6 Å². The molecule has 0 radical (unpaired) electrons. The van der Waals surface area contributed by atoms with Gasteiger partial charge in [0.2, 0.25) is 15.9 Å². The first-order valence-corrected chi connectivity index (χ1v) is 9.90. The van der Waals surface area contributed by atoms with Gasteiger partial charge in [-0.3, -0.25) is 9.48 Å². The lowest BCUT2D eigenvalue weighted by Gasteiger charge is -2.09. The molecule has 27 heavy (non-hydrogen) atoms. The summed E-state index contributed by atoms with van der Waals surface area (Å²) in [5.41, 5.74) is 1.67. The minimum absolute atomic E-state index is 0.0181. The van der Waals surface area contributed by atoms with Crippen molar-refractivity contribution in [3.63, 3.8) is 0 Å². The van der Waals surface area contributed by atoms with E-state index in [0.29, 0.717) is 12.1 Å². The number of nitrogens with zero attached hydrogens (tertiary/aromatic N) is 2. The Bertz CT molecular complexity index is 919. The predicted molar refractivity (Wildman–Crippen MR) is 103 cm³/mol. The van der Waals surface area contributed by atoms with Crippen LogP contribution in [0.1, 0.15) is 17.5 Å². The molecule has 0 fully saturated rings. The van der Waals surface area contributed by atoms with Crippen LogP contribution in [0.4, 0.5) is 0 Å². The van der Waals surface area contributed by atoms with E-state index in [4.69, 9.17) is 4.74 Å². The fraction of sp³-hybridized carbons (Fsp3) is 0.333. The van der Waals surface area contributed by atoms with Gasteiger partial charge >= 0.3 is 0 Å². The van der Waals surface area contributed by atoms with Crippen LogP contribution in [0.15, 0.2) is 41.6 Å². The Labute approximate surface area is 159 Å². The number of ether oxygens (including phenoxy) is 1. The molecular weight excluding hydrogens is 368 g/mol. The highest BCUT2D eigenvalue weighted by atomic mass is 32.2. The largest absolute Gasteiger partial charge is 0.495 e. The van der Waals surface area contributed by atoms with Gasteiger partial charge in [0.25, 0.3) is 0 Å². The van der Waals surface area contributed by atoms with Gasteiger partial charge in [0.1, 0.15) is 10.6 Å². The van der Waals surface area contributed by atoms with Gasteiger partial charge in [0.05, 0.1) is 13.3 Å². The molecule has 9 heteroatoms. The van der Waals surface area contributed by atoms with Crippen LogP contribution in [0.2, 0.25) is 0 Å². The summed E-state index contributed by atoms with van der Waals surface area (Å²) >= 11 is 0. The zero-order valence-corrected chi connectivity index (χ0v) is 16.4. The normalized spacial score (nSPS) is 11.7. The van der Waals surface area contributed by atoms with Crippen molar-refractivity contribution < 1.29 is 17.9 Å². The molecule has 0 aliphatic rings.